The van der Waals surface area contributed by atoms with E-state index in [2.05, 4.69) is 4.99 Å². The number of carbonyl (C=O) groups is 2. The summed E-state index contributed by atoms with van der Waals surface area (Å²) in [6, 6.07) is 12.1. The Kier molecular flexibility index (Phi) is 4.57. The lowest BCUT2D eigenvalue weighted by Gasteiger charge is -2.01. The number of cyclic esters (lactones) is 1. The van der Waals surface area contributed by atoms with Crippen LogP contribution in [0.3, 0.4) is 0 Å². The van der Waals surface area contributed by atoms with E-state index in [1.54, 1.807) is 24.3 Å². The second kappa shape index (κ2) is 6.98. The van der Waals surface area contributed by atoms with Gasteiger partial charge in [-0.25, -0.2) is 9.79 Å². The predicted octanol–water partition coefficient (Wildman–Crippen LogP) is 2.86. The van der Waals surface area contributed by atoms with Gasteiger partial charge in [-0.3, -0.25) is 14.9 Å². The molecule has 130 valence electrons. The topological polar surface area (TPSA) is 108 Å². The first-order valence-electron chi connectivity index (χ1n) is 7.48. The number of carbonyl (C=O) groups excluding carboxylic acids is 2. The fraction of sp³-hybridized carbons (Fsp3) is 0.0556. The molecule has 0 spiro atoms. The molecule has 2 aromatic rings. The van der Waals surface area contributed by atoms with Crippen LogP contribution in [0.2, 0.25) is 0 Å². The van der Waals surface area contributed by atoms with Gasteiger partial charge in [-0.05, 0) is 35.9 Å². The van der Waals surface area contributed by atoms with Crippen molar-refractivity contribution in [2.24, 2.45) is 4.99 Å². The number of rotatable bonds is 4. The van der Waals surface area contributed by atoms with Crippen LogP contribution in [-0.2, 0) is 14.3 Å². The molecule has 26 heavy (non-hydrogen) atoms. The fourth-order valence-corrected chi connectivity index (χ4v) is 2.25. The summed E-state index contributed by atoms with van der Waals surface area (Å²) >= 11 is 0. The summed E-state index contributed by atoms with van der Waals surface area (Å²) in [6.45, 7) is 1.29. The highest BCUT2D eigenvalue weighted by molar-refractivity contribution is 6.12. The number of hydrogen-bond acceptors (Lipinski definition) is 7. The van der Waals surface area contributed by atoms with E-state index < -0.39 is 16.9 Å². The van der Waals surface area contributed by atoms with Crippen LogP contribution < -0.4 is 4.74 Å². The molecule has 0 unspecified atom stereocenters. The Morgan fingerprint density at radius 2 is 1.96 bits per heavy atom. The average molecular weight is 352 g/mol. The van der Waals surface area contributed by atoms with E-state index in [1.165, 1.54) is 37.3 Å². The molecule has 0 aliphatic carbocycles. The van der Waals surface area contributed by atoms with Gasteiger partial charge in [0.25, 0.3) is 5.69 Å². The summed E-state index contributed by atoms with van der Waals surface area (Å²) in [5, 5.41) is 10.7. The largest absolute Gasteiger partial charge is 0.427 e. The number of benzene rings is 2. The summed E-state index contributed by atoms with van der Waals surface area (Å²) in [6.07, 6.45) is 1.49. The molecule has 0 aromatic heterocycles. The Bertz CT molecular complexity index is 960. The van der Waals surface area contributed by atoms with E-state index in [-0.39, 0.29) is 17.3 Å². The van der Waals surface area contributed by atoms with Gasteiger partial charge in [0.15, 0.2) is 5.70 Å². The van der Waals surface area contributed by atoms with Crippen molar-refractivity contribution in [3.8, 4) is 5.75 Å². The van der Waals surface area contributed by atoms with Crippen LogP contribution in [0.1, 0.15) is 18.1 Å². The van der Waals surface area contributed by atoms with Crippen LogP contribution in [-0.4, -0.2) is 22.8 Å². The van der Waals surface area contributed by atoms with Gasteiger partial charge in [-0.1, -0.05) is 12.1 Å². The molecule has 0 radical (unpaired) electrons. The number of aliphatic imine (C=N–C) groups is 1. The number of nitrogens with zero attached hydrogens (tertiary/aromatic N) is 2. The number of esters is 2. The number of non-ortho nitro benzene ring substituents is 1. The van der Waals surface area contributed by atoms with Crippen molar-refractivity contribution in [2.45, 2.75) is 6.92 Å². The number of nitro groups is 1. The predicted molar refractivity (Wildman–Crippen MR) is 91.5 cm³/mol. The third-order valence-electron chi connectivity index (χ3n) is 3.37. The second-order valence-electron chi connectivity index (χ2n) is 5.31. The van der Waals surface area contributed by atoms with E-state index >= 15 is 0 Å². The third kappa shape index (κ3) is 3.81. The van der Waals surface area contributed by atoms with Crippen LogP contribution in [0.4, 0.5) is 5.69 Å². The van der Waals surface area contributed by atoms with Crippen LogP contribution in [0, 0.1) is 10.1 Å². The molecule has 0 saturated heterocycles. The normalized spacial score (nSPS) is 14.7. The highest BCUT2D eigenvalue weighted by atomic mass is 16.6. The Morgan fingerprint density at radius 1 is 1.23 bits per heavy atom. The summed E-state index contributed by atoms with van der Waals surface area (Å²) in [5.74, 6) is -0.685. The van der Waals surface area contributed by atoms with E-state index in [1.807, 2.05) is 0 Å². The lowest BCUT2D eigenvalue weighted by molar-refractivity contribution is -0.384. The van der Waals surface area contributed by atoms with Crippen LogP contribution >= 0.6 is 0 Å². The molecular weight excluding hydrogens is 340 g/mol. The van der Waals surface area contributed by atoms with Crippen LogP contribution in [0.15, 0.2) is 59.2 Å². The summed E-state index contributed by atoms with van der Waals surface area (Å²) < 4.78 is 10.1. The zero-order valence-electron chi connectivity index (χ0n) is 13.5. The van der Waals surface area contributed by atoms with E-state index in [0.717, 1.165) is 0 Å². The van der Waals surface area contributed by atoms with Gasteiger partial charge in [0.1, 0.15) is 5.75 Å². The molecule has 0 N–H and O–H groups in total. The lowest BCUT2D eigenvalue weighted by atomic mass is 10.2. The van der Waals surface area contributed by atoms with Crippen molar-refractivity contribution in [3.05, 3.63) is 75.5 Å². The Balaban J connectivity index is 1.86. The van der Waals surface area contributed by atoms with Gasteiger partial charge in [-0.15, -0.1) is 0 Å². The molecule has 8 heteroatoms. The average Bonchev–Trinajstić information content (AvgIpc) is 2.95. The standard InChI is InChI=1S/C18H12N2O6/c1-11(21)25-15-4-2-3-12(9-15)10-16-18(22)26-17(19-16)13-5-7-14(8-6-13)20(23)24/h2-10H,1H3/b16-10-. The molecule has 1 aliphatic heterocycles. The van der Waals surface area contributed by atoms with Crippen LogP contribution in [0.5, 0.6) is 5.75 Å². The molecule has 0 fully saturated rings. The molecule has 3 rings (SSSR count). The summed E-state index contributed by atoms with van der Waals surface area (Å²) in [5.41, 5.74) is 1.04. The lowest BCUT2D eigenvalue weighted by Crippen LogP contribution is -2.05. The van der Waals surface area contributed by atoms with Gasteiger partial charge in [0.05, 0.1) is 4.92 Å². The first kappa shape index (κ1) is 17.0. The molecule has 0 atom stereocenters. The molecular formula is C18H12N2O6. The summed E-state index contributed by atoms with van der Waals surface area (Å²) in [7, 11) is 0. The minimum Gasteiger partial charge on any atom is -0.427 e. The number of ether oxygens (including phenoxy) is 2. The Morgan fingerprint density at radius 3 is 2.62 bits per heavy atom. The van der Waals surface area contributed by atoms with Crippen molar-refractivity contribution in [1.82, 2.24) is 0 Å². The zero-order valence-corrected chi connectivity index (χ0v) is 13.5. The smallest absolute Gasteiger partial charge is 0.363 e. The molecule has 1 aliphatic rings. The van der Waals surface area contributed by atoms with Crippen molar-refractivity contribution in [2.75, 3.05) is 0 Å². The number of hydrogen-bond donors (Lipinski definition) is 0. The van der Waals surface area contributed by atoms with Gasteiger partial charge in [-0.2, -0.15) is 0 Å². The maximum absolute atomic E-state index is 12.0. The highest BCUT2D eigenvalue weighted by Gasteiger charge is 2.24. The maximum atomic E-state index is 12.0. The van der Waals surface area contributed by atoms with Crippen molar-refractivity contribution in [3.63, 3.8) is 0 Å². The minimum atomic E-state index is -0.642. The first-order chi connectivity index (χ1) is 12.4. The minimum absolute atomic E-state index is 0.0623. The van der Waals surface area contributed by atoms with Gasteiger partial charge < -0.3 is 9.47 Å². The number of nitro benzene ring substituents is 1. The van der Waals surface area contributed by atoms with Gasteiger partial charge in [0.2, 0.25) is 5.90 Å². The van der Waals surface area contributed by atoms with E-state index in [0.29, 0.717) is 16.9 Å². The fourth-order valence-electron chi connectivity index (χ4n) is 2.25. The highest BCUT2D eigenvalue weighted by Crippen LogP contribution is 2.22. The summed E-state index contributed by atoms with van der Waals surface area (Å²) in [4.78, 5) is 37.3. The Labute approximate surface area is 147 Å². The molecule has 2 aromatic carbocycles. The molecule has 0 saturated carbocycles. The van der Waals surface area contributed by atoms with E-state index in [4.69, 9.17) is 9.47 Å². The molecule has 8 nitrogen and oxygen atoms in total. The quantitative estimate of drug-likeness (QED) is 0.275. The van der Waals surface area contributed by atoms with Crippen molar-refractivity contribution < 1.29 is 24.0 Å². The Hall–Kier alpha value is -3.81. The SMILES string of the molecule is CC(=O)Oc1cccc(/C=C2\N=C(c3ccc([N+](=O)[O-])cc3)OC2=O)c1. The molecule has 0 bridgehead atoms. The van der Waals surface area contributed by atoms with E-state index in [9.17, 15) is 19.7 Å². The van der Waals surface area contributed by atoms with Crippen LogP contribution in [0.25, 0.3) is 6.08 Å². The molecule has 1 heterocycles. The third-order valence-corrected chi connectivity index (χ3v) is 3.37. The van der Waals surface area contributed by atoms with Gasteiger partial charge >= 0.3 is 11.9 Å². The first-order valence-corrected chi connectivity index (χ1v) is 7.48. The van der Waals surface area contributed by atoms with Crippen molar-refractivity contribution >= 4 is 29.6 Å². The maximum Gasteiger partial charge on any atom is 0.363 e. The molecule has 0 amide bonds. The van der Waals surface area contributed by atoms with Crippen molar-refractivity contribution in [1.29, 1.82) is 0 Å². The zero-order chi connectivity index (χ0) is 18.7. The second-order valence-corrected chi connectivity index (χ2v) is 5.31. The van der Waals surface area contributed by atoms with Gasteiger partial charge in [0, 0.05) is 24.6 Å². The monoisotopic (exact) mass is 352 g/mol.